The van der Waals surface area contributed by atoms with Crippen molar-refractivity contribution in [2.75, 3.05) is 33.5 Å². The van der Waals surface area contributed by atoms with Gasteiger partial charge in [-0.2, -0.15) is 0 Å². The standard InChI is InChI=1S/C56H61N3O12/c1-4-29-68-56-52(58(55(63)67-5-2)34-40-16-12-15-38-13-6-7-17-45(38)40)33-49(57-69-36-37-19-21-42(22-20-37)59(64)65)47-31-39(14-8-10-27-60)46(18-9-11-28-61)53(54(47)56)48-32-44(24-26-51(48)71-56)70-43-23-25-50(66-3)41(30-43)35-62/h4,6-7,12-13,15-17,19-26,30-32,35,39,46,52-54,60-61H,1,5,8-11,14,18,27-29,33-34,36H2,2-3H3. The Labute approximate surface area is 413 Å². The highest BCUT2D eigenvalue weighted by molar-refractivity contribution is 6.03. The Morgan fingerprint density at radius 3 is 2.44 bits per heavy atom. The van der Waals surface area contributed by atoms with Crippen molar-refractivity contribution >= 4 is 34.6 Å². The lowest BCUT2D eigenvalue weighted by Crippen LogP contribution is -2.70. The molecule has 6 atom stereocenters. The van der Waals surface area contributed by atoms with Crippen LogP contribution in [0.3, 0.4) is 0 Å². The van der Waals surface area contributed by atoms with Crippen molar-refractivity contribution in [2.24, 2.45) is 22.9 Å². The van der Waals surface area contributed by atoms with Gasteiger partial charge in [0.2, 0.25) is 5.79 Å². The molecule has 0 radical (unpaired) electrons. The number of hydrogen-bond acceptors (Lipinski definition) is 13. The van der Waals surface area contributed by atoms with E-state index >= 15 is 0 Å². The summed E-state index contributed by atoms with van der Waals surface area (Å²) in [5, 5.41) is 38.5. The molecule has 15 nitrogen and oxygen atoms in total. The predicted molar refractivity (Wildman–Crippen MR) is 268 cm³/mol. The largest absolute Gasteiger partial charge is 0.496 e. The number of unbranched alkanes of at least 4 members (excludes halogenated alkanes) is 2. The molecule has 5 aromatic carbocycles. The second kappa shape index (κ2) is 23.2. The Morgan fingerprint density at radius 1 is 0.958 bits per heavy atom. The van der Waals surface area contributed by atoms with Crippen molar-refractivity contribution in [3.05, 3.63) is 160 Å². The summed E-state index contributed by atoms with van der Waals surface area (Å²) in [6.07, 6.45) is 8.27. The number of amides is 1. The first-order valence-corrected chi connectivity index (χ1v) is 24.3. The van der Waals surface area contributed by atoms with Gasteiger partial charge in [-0.25, -0.2) is 4.79 Å². The number of methoxy groups -OCH3 is 1. The summed E-state index contributed by atoms with van der Waals surface area (Å²) in [5.41, 5.74) is 4.06. The molecule has 2 aliphatic carbocycles. The number of nitro groups is 1. The van der Waals surface area contributed by atoms with Crippen molar-refractivity contribution in [3.63, 3.8) is 0 Å². The molecule has 1 heterocycles. The van der Waals surface area contributed by atoms with Gasteiger partial charge in [-0.3, -0.25) is 19.8 Å². The third-order valence-corrected chi connectivity index (χ3v) is 13.9. The van der Waals surface area contributed by atoms with E-state index < -0.39 is 28.8 Å². The fourth-order valence-corrected chi connectivity index (χ4v) is 10.7. The van der Waals surface area contributed by atoms with Crippen LogP contribution in [0, 0.1) is 27.9 Å². The lowest BCUT2D eigenvalue weighted by molar-refractivity contribution is -0.384. The van der Waals surface area contributed by atoms with E-state index in [1.165, 1.54) is 19.2 Å². The maximum Gasteiger partial charge on any atom is 0.410 e. The van der Waals surface area contributed by atoms with Gasteiger partial charge < -0.3 is 38.7 Å². The minimum Gasteiger partial charge on any atom is -0.496 e. The summed E-state index contributed by atoms with van der Waals surface area (Å²) in [5.74, 6) is -0.828. The molecule has 0 saturated heterocycles. The van der Waals surface area contributed by atoms with Gasteiger partial charge in [0.1, 0.15) is 35.6 Å². The number of benzene rings is 5. The number of allylic oxidation sites excluding steroid dienone is 1. The van der Waals surface area contributed by atoms with E-state index in [1.54, 1.807) is 54.3 Å². The summed E-state index contributed by atoms with van der Waals surface area (Å²) >= 11 is 0. The number of fused-ring (bicyclic) bond motifs is 3. The number of aliphatic hydroxyl groups excluding tert-OH is 2. The highest BCUT2D eigenvalue weighted by atomic mass is 16.7. The van der Waals surface area contributed by atoms with Crippen LogP contribution >= 0.6 is 0 Å². The van der Waals surface area contributed by atoms with Gasteiger partial charge in [-0.05, 0) is 120 Å². The number of carbonyl (C=O) groups is 2. The van der Waals surface area contributed by atoms with Gasteiger partial charge >= 0.3 is 6.09 Å². The number of aldehydes is 1. The average Bonchev–Trinajstić information content (AvgIpc) is 3.38. The van der Waals surface area contributed by atoms with Gasteiger partial charge in [0.05, 0.1) is 49.0 Å². The predicted octanol–water partition coefficient (Wildman–Crippen LogP) is 10.9. The normalized spacial score (nSPS) is 21.5. The first kappa shape index (κ1) is 50.3. The Hall–Kier alpha value is -7.07. The smallest absolute Gasteiger partial charge is 0.410 e. The van der Waals surface area contributed by atoms with E-state index in [-0.39, 0.29) is 69.4 Å². The molecule has 15 heteroatoms. The molecule has 2 N–H and O–H groups in total. The second-order valence-electron chi connectivity index (χ2n) is 18.1. The molecule has 1 fully saturated rings. The van der Waals surface area contributed by atoms with Crippen molar-refractivity contribution in [1.29, 1.82) is 0 Å². The van der Waals surface area contributed by atoms with Crippen LogP contribution < -0.4 is 14.2 Å². The van der Waals surface area contributed by atoms with E-state index in [1.807, 2.05) is 54.6 Å². The number of hydrogen-bond donors (Lipinski definition) is 2. The maximum absolute atomic E-state index is 14.8. The summed E-state index contributed by atoms with van der Waals surface area (Å²) < 4.78 is 32.4. The van der Waals surface area contributed by atoms with Crippen LogP contribution in [0.25, 0.3) is 10.8 Å². The van der Waals surface area contributed by atoms with Crippen LogP contribution in [-0.4, -0.2) is 83.5 Å². The molecular weight excluding hydrogens is 907 g/mol. The molecule has 5 aromatic rings. The van der Waals surface area contributed by atoms with Crippen molar-refractivity contribution in [1.82, 2.24) is 4.90 Å². The third-order valence-electron chi connectivity index (χ3n) is 13.9. The molecule has 0 aromatic heterocycles. The Balaban J connectivity index is 1.34. The Morgan fingerprint density at radius 2 is 1.70 bits per heavy atom. The lowest BCUT2D eigenvalue weighted by Gasteiger charge is -2.59. The van der Waals surface area contributed by atoms with Crippen LogP contribution in [0.2, 0.25) is 0 Å². The SMILES string of the molecule is C=CCOC12Oc3ccc(Oc4ccc(OC)c(C=O)c4)cc3C3C(CCCCO)C(CCCCO)C=C(C(=NOCc4ccc([N+](=O)[O-])cc4)CC1N(Cc1cccc4ccccc14)C(=O)OCC)C32. The minimum atomic E-state index is -1.57. The van der Waals surface area contributed by atoms with E-state index in [4.69, 9.17) is 33.7 Å². The fourth-order valence-electron chi connectivity index (χ4n) is 10.7. The Bertz CT molecular complexity index is 2750. The van der Waals surface area contributed by atoms with Crippen LogP contribution in [-0.2, 0) is 27.5 Å². The van der Waals surface area contributed by atoms with Crippen LogP contribution in [0.4, 0.5) is 10.5 Å². The molecular formula is C56H61N3O12. The van der Waals surface area contributed by atoms with Crippen LogP contribution in [0.15, 0.2) is 133 Å². The summed E-state index contributed by atoms with van der Waals surface area (Å²) in [7, 11) is 1.50. The Kier molecular flexibility index (Phi) is 16.5. The highest BCUT2D eigenvalue weighted by Gasteiger charge is 2.65. The molecule has 0 spiro atoms. The van der Waals surface area contributed by atoms with Gasteiger partial charge in [0.15, 0.2) is 6.29 Å². The molecule has 1 amide bonds. The number of aliphatic hydroxyl groups is 2. The number of carbonyl (C=O) groups excluding carboxylic acids is 2. The minimum absolute atomic E-state index is 0.00413. The van der Waals surface area contributed by atoms with Gasteiger partial charge in [0.25, 0.3) is 5.69 Å². The second-order valence-corrected chi connectivity index (χ2v) is 18.1. The van der Waals surface area contributed by atoms with Crippen molar-refractivity contribution < 1.29 is 53.2 Å². The molecule has 71 heavy (non-hydrogen) atoms. The van der Waals surface area contributed by atoms with Gasteiger partial charge in [0, 0.05) is 43.2 Å². The summed E-state index contributed by atoms with van der Waals surface area (Å²) in [4.78, 5) is 45.8. The monoisotopic (exact) mass is 967 g/mol. The quantitative estimate of drug-likeness (QED) is 0.0208. The molecule has 1 aliphatic heterocycles. The van der Waals surface area contributed by atoms with E-state index in [2.05, 4.69) is 12.7 Å². The zero-order valence-corrected chi connectivity index (χ0v) is 40.2. The molecule has 8 rings (SSSR count). The van der Waals surface area contributed by atoms with Crippen molar-refractivity contribution in [3.8, 4) is 23.0 Å². The number of nitrogens with zero attached hydrogens (tertiary/aromatic N) is 3. The summed E-state index contributed by atoms with van der Waals surface area (Å²) in [6, 6.07) is 29.9. The lowest BCUT2D eigenvalue weighted by atomic mass is 9.55. The highest BCUT2D eigenvalue weighted by Crippen LogP contribution is 2.62. The molecule has 372 valence electrons. The number of rotatable bonds is 23. The molecule has 1 saturated carbocycles. The summed E-state index contributed by atoms with van der Waals surface area (Å²) in [6.45, 7) is 6.18. The third kappa shape index (κ3) is 10.8. The topological polar surface area (TPSA) is 189 Å². The van der Waals surface area contributed by atoms with Crippen LogP contribution in [0.1, 0.15) is 84.8 Å². The van der Waals surface area contributed by atoms with E-state index in [0.29, 0.717) is 65.4 Å². The zero-order chi connectivity index (χ0) is 49.9. The first-order chi connectivity index (χ1) is 34.7. The number of nitro benzene ring substituents is 1. The number of ether oxygens (including phenoxy) is 5. The average molecular weight is 968 g/mol. The molecule has 6 unspecified atom stereocenters. The van der Waals surface area contributed by atoms with Crippen molar-refractivity contribution in [2.45, 2.75) is 82.8 Å². The molecule has 3 aliphatic rings. The zero-order valence-electron chi connectivity index (χ0n) is 40.2. The van der Waals surface area contributed by atoms with Crippen LogP contribution in [0.5, 0.6) is 23.0 Å². The number of oxime groups is 1. The molecule has 0 bridgehead atoms. The van der Waals surface area contributed by atoms with E-state index in [0.717, 1.165) is 46.7 Å². The van der Waals surface area contributed by atoms with E-state index in [9.17, 15) is 29.9 Å². The van der Waals surface area contributed by atoms with Gasteiger partial charge in [-0.15, -0.1) is 6.58 Å². The number of non-ortho nitro benzene ring substituents is 1. The first-order valence-electron chi connectivity index (χ1n) is 24.3. The van der Waals surface area contributed by atoms with Gasteiger partial charge in [-0.1, -0.05) is 72.6 Å². The fraction of sp³-hybridized carbons (Fsp3) is 0.375. The maximum atomic E-state index is 14.8.